The molecule has 8 nitrogen and oxygen atoms in total. The monoisotopic (exact) mass is 338 g/mol. The molecule has 0 bridgehead atoms. The Hall–Kier alpha value is -1.26. The first kappa shape index (κ1) is 17.8. The Morgan fingerprint density at radius 3 is 2.71 bits per heavy atom. The minimum atomic E-state index is -4.14. The Balaban J connectivity index is 3.15. The fourth-order valence-electron chi connectivity index (χ4n) is 1.68. The molecule has 0 saturated carbocycles. The molecule has 0 spiro atoms. The molecule has 0 heterocycles. The quantitative estimate of drug-likeness (QED) is 0.537. The van der Waals surface area contributed by atoms with Crippen molar-refractivity contribution in [3.05, 3.63) is 33.3 Å². The molecule has 0 fully saturated rings. The van der Waals surface area contributed by atoms with Gasteiger partial charge < -0.3 is 9.84 Å². The number of benzene rings is 1. The standard InChI is InChI=1S/C11H15ClN2O6S/c1-20-7-9(4-5-15)13-21(18,19)11-3-2-8(12)6-10(11)14(16)17/h2-3,6,9,13,15H,4-5,7H2,1H3. The van der Waals surface area contributed by atoms with Gasteiger partial charge in [0.05, 0.1) is 11.5 Å². The van der Waals surface area contributed by atoms with Crippen LogP contribution in [0.2, 0.25) is 5.02 Å². The summed E-state index contributed by atoms with van der Waals surface area (Å²) in [7, 11) is -2.76. The van der Waals surface area contributed by atoms with Gasteiger partial charge in [-0.25, -0.2) is 13.1 Å². The zero-order valence-corrected chi connectivity index (χ0v) is 12.7. The van der Waals surface area contributed by atoms with E-state index in [-0.39, 0.29) is 24.7 Å². The number of hydrogen-bond acceptors (Lipinski definition) is 6. The van der Waals surface area contributed by atoms with Crippen LogP contribution in [0.15, 0.2) is 23.1 Å². The highest BCUT2D eigenvalue weighted by molar-refractivity contribution is 7.89. The van der Waals surface area contributed by atoms with Crippen molar-refractivity contribution in [3.8, 4) is 0 Å². The van der Waals surface area contributed by atoms with E-state index in [1.54, 1.807) is 0 Å². The van der Waals surface area contributed by atoms with Gasteiger partial charge in [-0.15, -0.1) is 0 Å². The van der Waals surface area contributed by atoms with Crippen molar-refractivity contribution in [2.45, 2.75) is 17.4 Å². The number of hydrogen-bond donors (Lipinski definition) is 2. The fraction of sp³-hybridized carbons (Fsp3) is 0.455. The number of nitrogens with one attached hydrogen (secondary N) is 1. The van der Waals surface area contributed by atoms with E-state index in [0.717, 1.165) is 12.1 Å². The zero-order valence-electron chi connectivity index (χ0n) is 11.2. The molecule has 1 rings (SSSR count). The van der Waals surface area contributed by atoms with E-state index in [2.05, 4.69) is 4.72 Å². The van der Waals surface area contributed by atoms with Crippen molar-refractivity contribution in [2.24, 2.45) is 0 Å². The molecule has 0 aliphatic rings. The third-order valence-electron chi connectivity index (χ3n) is 2.57. The Bertz CT molecular complexity index is 601. The van der Waals surface area contributed by atoms with Crippen LogP contribution < -0.4 is 4.72 Å². The second kappa shape index (κ2) is 7.66. The van der Waals surface area contributed by atoms with E-state index in [0.29, 0.717) is 0 Å². The van der Waals surface area contributed by atoms with Gasteiger partial charge in [0.2, 0.25) is 10.0 Å². The highest BCUT2D eigenvalue weighted by Gasteiger charge is 2.28. The molecule has 2 N–H and O–H groups in total. The largest absolute Gasteiger partial charge is 0.396 e. The van der Waals surface area contributed by atoms with E-state index < -0.39 is 31.6 Å². The van der Waals surface area contributed by atoms with Crippen molar-refractivity contribution in [1.29, 1.82) is 0 Å². The van der Waals surface area contributed by atoms with E-state index in [1.807, 2.05) is 0 Å². The summed E-state index contributed by atoms with van der Waals surface area (Å²) in [6.45, 7) is -0.222. The highest BCUT2D eigenvalue weighted by Crippen LogP contribution is 2.27. The van der Waals surface area contributed by atoms with Crippen LogP contribution >= 0.6 is 11.6 Å². The topological polar surface area (TPSA) is 119 Å². The number of nitro benzene ring substituents is 1. The summed E-state index contributed by atoms with van der Waals surface area (Å²) in [5, 5.41) is 19.9. The molecule has 10 heteroatoms. The minimum absolute atomic E-state index is 0.0289. The highest BCUT2D eigenvalue weighted by atomic mass is 35.5. The Labute approximate surface area is 126 Å². The summed E-state index contributed by atoms with van der Waals surface area (Å²) in [5.74, 6) is 0. The Morgan fingerprint density at radius 2 is 2.19 bits per heavy atom. The van der Waals surface area contributed by atoms with Crippen LogP contribution in [0.3, 0.4) is 0 Å². The lowest BCUT2D eigenvalue weighted by Gasteiger charge is -2.17. The molecular formula is C11H15ClN2O6S. The fourth-order valence-corrected chi connectivity index (χ4v) is 3.25. The normalized spacial score (nSPS) is 13.1. The number of aliphatic hydroxyl groups is 1. The van der Waals surface area contributed by atoms with Crippen molar-refractivity contribution in [2.75, 3.05) is 20.3 Å². The number of ether oxygens (including phenoxy) is 1. The van der Waals surface area contributed by atoms with Crippen LogP contribution in [0.1, 0.15) is 6.42 Å². The summed E-state index contributed by atoms with van der Waals surface area (Å²) in [6.07, 6.45) is 0.120. The maximum atomic E-state index is 12.2. The number of rotatable bonds is 8. The summed E-state index contributed by atoms with van der Waals surface area (Å²) in [6, 6.07) is 2.58. The molecule has 0 aliphatic carbocycles. The van der Waals surface area contributed by atoms with Gasteiger partial charge in [0.1, 0.15) is 0 Å². The minimum Gasteiger partial charge on any atom is -0.396 e. The molecule has 0 radical (unpaired) electrons. The summed E-state index contributed by atoms with van der Waals surface area (Å²) in [5.41, 5.74) is -0.616. The van der Waals surface area contributed by atoms with Gasteiger partial charge in [-0.2, -0.15) is 0 Å². The molecule has 1 aromatic carbocycles. The van der Waals surface area contributed by atoms with Gasteiger partial charge in [-0.3, -0.25) is 10.1 Å². The zero-order chi connectivity index (χ0) is 16.0. The second-order valence-electron chi connectivity index (χ2n) is 4.15. The predicted molar refractivity (Wildman–Crippen MR) is 75.8 cm³/mol. The van der Waals surface area contributed by atoms with Crippen LogP contribution in [0.25, 0.3) is 0 Å². The smallest absolute Gasteiger partial charge is 0.290 e. The number of methoxy groups -OCH3 is 1. The molecule has 0 amide bonds. The molecule has 0 aromatic heterocycles. The number of aliphatic hydroxyl groups excluding tert-OH is 1. The number of halogens is 1. The van der Waals surface area contributed by atoms with Gasteiger partial charge in [0.25, 0.3) is 5.69 Å². The summed E-state index contributed by atoms with van der Waals surface area (Å²) in [4.78, 5) is 9.64. The maximum Gasteiger partial charge on any atom is 0.290 e. The van der Waals surface area contributed by atoms with Gasteiger partial charge in [-0.05, 0) is 18.6 Å². The third kappa shape index (κ3) is 4.90. The Morgan fingerprint density at radius 1 is 1.52 bits per heavy atom. The first-order chi connectivity index (χ1) is 9.81. The van der Waals surface area contributed by atoms with Gasteiger partial charge in [0, 0.05) is 30.8 Å². The Kier molecular flexibility index (Phi) is 6.49. The molecule has 0 aliphatic heterocycles. The van der Waals surface area contributed by atoms with Gasteiger partial charge >= 0.3 is 0 Å². The first-order valence-corrected chi connectivity index (χ1v) is 7.74. The lowest BCUT2D eigenvalue weighted by molar-refractivity contribution is -0.387. The first-order valence-electron chi connectivity index (χ1n) is 5.88. The van der Waals surface area contributed by atoms with E-state index in [4.69, 9.17) is 21.4 Å². The molecule has 21 heavy (non-hydrogen) atoms. The van der Waals surface area contributed by atoms with E-state index in [1.165, 1.54) is 13.2 Å². The predicted octanol–water partition coefficient (Wildman–Crippen LogP) is 0.924. The average molecular weight is 339 g/mol. The molecule has 1 atom stereocenters. The maximum absolute atomic E-state index is 12.2. The van der Waals surface area contributed by atoms with Crippen molar-refractivity contribution < 1.29 is 23.2 Å². The van der Waals surface area contributed by atoms with Crippen LogP contribution in [0.4, 0.5) is 5.69 Å². The molecule has 118 valence electrons. The number of sulfonamides is 1. The van der Waals surface area contributed by atoms with Crippen molar-refractivity contribution in [3.63, 3.8) is 0 Å². The van der Waals surface area contributed by atoms with E-state index >= 15 is 0 Å². The number of nitro groups is 1. The van der Waals surface area contributed by atoms with Crippen LogP contribution in [-0.2, 0) is 14.8 Å². The second-order valence-corrected chi connectivity index (χ2v) is 6.27. The lowest BCUT2D eigenvalue weighted by atomic mass is 10.2. The van der Waals surface area contributed by atoms with Crippen molar-refractivity contribution >= 4 is 27.3 Å². The van der Waals surface area contributed by atoms with Crippen molar-refractivity contribution in [1.82, 2.24) is 4.72 Å². The third-order valence-corrected chi connectivity index (χ3v) is 4.38. The molecular weight excluding hydrogens is 324 g/mol. The van der Waals surface area contributed by atoms with Gasteiger partial charge in [-0.1, -0.05) is 11.6 Å². The van der Waals surface area contributed by atoms with E-state index in [9.17, 15) is 18.5 Å². The van der Waals surface area contributed by atoms with Gasteiger partial charge in [0.15, 0.2) is 4.90 Å². The molecule has 1 unspecified atom stereocenters. The van der Waals surface area contributed by atoms with Crippen LogP contribution in [-0.4, -0.2) is 44.8 Å². The molecule has 1 aromatic rings. The SMILES string of the molecule is COCC(CCO)NS(=O)(=O)c1ccc(Cl)cc1[N+](=O)[O-]. The number of nitrogens with zero attached hydrogens (tertiary/aromatic N) is 1. The molecule has 0 saturated heterocycles. The summed E-state index contributed by atoms with van der Waals surface area (Å²) >= 11 is 5.64. The lowest BCUT2D eigenvalue weighted by Crippen LogP contribution is -2.38. The summed E-state index contributed by atoms with van der Waals surface area (Å²) < 4.78 is 31.6. The van der Waals surface area contributed by atoms with Crippen LogP contribution in [0.5, 0.6) is 0 Å². The average Bonchev–Trinajstić information content (AvgIpc) is 2.38. The van der Waals surface area contributed by atoms with Crippen LogP contribution in [0, 0.1) is 10.1 Å².